The van der Waals surface area contributed by atoms with E-state index >= 15 is 0 Å². The van der Waals surface area contributed by atoms with Crippen molar-refractivity contribution in [2.45, 2.75) is 5.33 Å². The van der Waals surface area contributed by atoms with E-state index in [-0.39, 0.29) is 11.6 Å². The topological polar surface area (TPSA) is 9.23 Å². The summed E-state index contributed by atoms with van der Waals surface area (Å²) in [6.07, 6.45) is 0. The summed E-state index contributed by atoms with van der Waals surface area (Å²) in [7, 11) is 0. The fourth-order valence-electron chi connectivity index (χ4n) is 2.21. The van der Waals surface area contributed by atoms with Gasteiger partial charge in [-0.05, 0) is 18.2 Å². The number of halogens is 3. The van der Waals surface area contributed by atoms with E-state index in [1.165, 1.54) is 6.07 Å². The van der Waals surface area contributed by atoms with Crippen LogP contribution < -0.4 is 4.74 Å². The van der Waals surface area contributed by atoms with Crippen LogP contribution in [-0.4, -0.2) is 0 Å². The summed E-state index contributed by atoms with van der Waals surface area (Å²) in [6.45, 7) is 0. The zero-order valence-corrected chi connectivity index (χ0v) is 13.3. The van der Waals surface area contributed by atoms with Crippen LogP contribution in [-0.2, 0) is 5.33 Å². The van der Waals surface area contributed by atoms with E-state index in [4.69, 9.17) is 16.3 Å². The van der Waals surface area contributed by atoms with E-state index < -0.39 is 0 Å². The molecule has 1 nitrogen and oxygen atoms in total. The Morgan fingerprint density at radius 1 is 0.952 bits per heavy atom. The van der Waals surface area contributed by atoms with Crippen LogP contribution in [0.2, 0.25) is 5.02 Å². The van der Waals surface area contributed by atoms with E-state index in [2.05, 4.69) is 15.9 Å². The minimum atomic E-state index is -0.383. The maximum Gasteiger partial charge on any atom is 0.167 e. The second-order valence-corrected chi connectivity index (χ2v) is 5.52. The third-order valence-electron chi connectivity index (χ3n) is 3.24. The highest BCUT2D eigenvalue weighted by Gasteiger charge is 2.12. The van der Waals surface area contributed by atoms with E-state index in [9.17, 15) is 4.39 Å². The van der Waals surface area contributed by atoms with Gasteiger partial charge in [-0.25, -0.2) is 4.39 Å². The Hall–Kier alpha value is -1.58. The van der Waals surface area contributed by atoms with E-state index in [1.807, 2.05) is 30.3 Å². The van der Waals surface area contributed by atoms with Crippen molar-refractivity contribution < 1.29 is 9.13 Å². The van der Waals surface area contributed by atoms with Gasteiger partial charge in [-0.1, -0.05) is 63.9 Å². The first-order valence-corrected chi connectivity index (χ1v) is 7.89. The summed E-state index contributed by atoms with van der Waals surface area (Å²) in [5.74, 6) is 0.440. The molecule has 106 valence electrons. The number of para-hydroxylation sites is 1. The molecule has 0 fully saturated rings. The Morgan fingerprint density at radius 2 is 1.71 bits per heavy atom. The largest absolute Gasteiger partial charge is 0.453 e. The number of benzene rings is 3. The average Bonchev–Trinajstić information content (AvgIpc) is 2.52. The van der Waals surface area contributed by atoms with Crippen LogP contribution in [0.4, 0.5) is 4.39 Å². The lowest BCUT2D eigenvalue weighted by Crippen LogP contribution is -1.94. The lowest BCUT2D eigenvalue weighted by Gasteiger charge is -2.13. The van der Waals surface area contributed by atoms with Crippen LogP contribution in [0.25, 0.3) is 10.8 Å². The quantitative estimate of drug-likeness (QED) is 0.493. The minimum Gasteiger partial charge on any atom is -0.453 e. The molecule has 0 atom stereocenters. The second kappa shape index (κ2) is 6.04. The van der Waals surface area contributed by atoms with Crippen LogP contribution in [0.5, 0.6) is 11.5 Å². The standard InChI is InChI=1S/C17H11BrClFO/c18-10-11-4-3-7-15(20)17(11)21-16-9-8-14(19)12-5-1-2-6-13(12)16/h1-9H,10H2. The Labute approximate surface area is 135 Å². The van der Waals surface area contributed by atoms with Gasteiger partial charge in [0.25, 0.3) is 0 Å². The number of hydrogen-bond donors (Lipinski definition) is 0. The molecule has 0 saturated carbocycles. The molecule has 0 saturated heterocycles. The Kier molecular flexibility index (Phi) is 4.13. The molecule has 0 heterocycles. The van der Waals surface area contributed by atoms with Crippen molar-refractivity contribution in [1.29, 1.82) is 0 Å². The summed E-state index contributed by atoms with van der Waals surface area (Å²) in [6, 6.07) is 16.0. The molecule has 0 bridgehead atoms. The Bertz CT molecular complexity index is 804. The highest BCUT2D eigenvalue weighted by Crippen LogP contribution is 2.36. The van der Waals surface area contributed by atoms with E-state index in [0.29, 0.717) is 16.1 Å². The summed E-state index contributed by atoms with van der Waals surface area (Å²) >= 11 is 9.53. The molecule has 3 rings (SSSR count). The molecular weight excluding hydrogens is 355 g/mol. The summed E-state index contributed by atoms with van der Waals surface area (Å²) in [5, 5.41) is 2.90. The molecule has 21 heavy (non-hydrogen) atoms. The van der Waals surface area contributed by atoms with Gasteiger partial charge >= 0.3 is 0 Å². The first-order valence-electron chi connectivity index (χ1n) is 6.39. The van der Waals surface area contributed by atoms with Gasteiger partial charge in [0.1, 0.15) is 5.75 Å². The number of rotatable bonds is 3. The third-order valence-corrected chi connectivity index (χ3v) is 4.17. The third kappa shape index (κ3) is 2.76. The molecule has 0 spiro atoms. The van der Waals surface area contributed by atoms with Crippen molar-refractivity contribution in [3.8, 4) is 11.5 Å². The smallest absolute Gasteiger partial charge is 0.167 e. The maximum atomic E-state index is 14.0. The minimum absolute atomic E-state index is 0.238. The van der Waals surface area contributed by atoms with Gasteiger partial charge in [0, 0.05) is 26.7 Å². The predicted octanol–water partition coefficient (Wildman–Crippen LogP) is 6.32. The van der Waals surface area contributed by atoms with E-state index in [0.717, 1.165) is 16.3 Å². The highest BCUT2D eigenvalue weighted by atomic mass is 79.9. The molecule has 0 aliphatic heterocycles. The molecule has 4 heteroatoms. The lowest BCUT2D eigenvalue weighted by molar-refractivity contribution is 0.442. The zero-order chi connectivity index (χ0) is 14.8. The number of fused-ring (bicyclic) bond motifs is 1. The van der Waals surface area contributed by atoms with Crippen LogP contribution in [0.3, 0.4) is 0 Å². The fourth-order valence-corrected chi connectivity index (χ4v) is 2.88. The molecule has 3 aromatic rings. The van der Waals surface area contributed by atoms with Crippen LogP contribution in [0.1, 0.15) is 5.56 Å². The zero-order valence-electron chi connectivity index (χ0n) is 10.9. The van der Waals surface area contributed by atoms with Gasteiger partial charge in [-0.3, -0.25) is 0 Å². The number of alkyl halides is 1. The van der Waals surface area contributed by atoms with Gasteiger partial charge in [0.15, 0.2) is 11.6 Å². The van der Waals surface area contributed by atoms with Crippen LogP contribution in [0, 0.1) is 5.82 Å². The van der Waals surface area contributed by atoms with Crippen molar-refractivity contribution in [1.82, 2.24) is 0 Å². The Morgan fingerprint density at radius 3 is 2.48 bits per heavy atom. The molecular formula is C17H11BrClFO. The van der Waals surface area contributed by atoms with Gasteiger partial charge in [0.05, 0.1) is 0 Å². The van der Waals surface area contributed by atoms with Crippen molar-refractivity contribution in [2.24, 2.45) is 0 Å². The van der Waals surface area contributed by atoms with Crippen molar-refractivity contribution in [3.05, 3.63) is 71.0 Å². The Balaban J connectivity index is 2.13. The highest BCUT2D eigenvalue weighted by molar-refractivity contribution is 9.08. The SMILES string of the molecule is Fc1cccc(CBr)c1Oc1ccc(Cl)c2ccccc12. The molecule has 3 aromatic carbocycles. The van der Waals surface area contributed by atoms with Crippen LogP contribution >= 0.6 is 27.5 Å². The fraction of sp³-hybridized carbons (Fsp3) is 0.0588. The van der Waals surface area contributed by atoms with Crippen molar-refractivity contribution >= 4 is 38.3 Å². The molecule has 0 unspecified atom stereocenters. The molecule has 0 aliphatic rings. The molecule has 0 amide bonds. The predicted molar refractivity (Wildman–Crippen MR) is 88.1 cm³/mol. The van der Waals surface area contributed by atoms with Gasteiger partial charge in [0.2, 0.25) is 0 Å². The summed E-state index contributed by atoms with van der Waals surface area (Å²) < 4.78 is 19.9. The monoisotopic (exact) mass is 364 g/mol. The first-order chi connectivity index (χ1) is 10.2. The van der Waals surface area contributed by atoms with Crippen molar-refractivity contribution in [2.75, 3.05) is 0 Å². The molecule has 0 N–H and O–H groups in total. The first kappa shape index (κ1) is 14.4. The second-order valence-electron chi connectivity index (χ2n) is 4.55. The number of hydrogen-bond acceptors (Lipinski definition) is 1. The number of ether oxygens (including phenoxy) is 1. The summed E-state index contributed by atoms with van der Waals surface area (Å²) in [4.78, 5) is 0. The van der Waals surface area contributed by atoms with E-state index in [1.54, 1.807) is 18.2 Å². The average molecular weight is 366 g/mol. The van der Waals surface area contributed by atoms with Gasteiger partial charge in [-0.15, -0.1) is 0 Å². The molecule has 0 radical (unpaired) electrons. The van der Waals surface area contributed by atoms with Gasteiger partial charge < -0.3 is 4.74 Å². The van der Waals surface area contributed by atoms with Crippen LogP contribution in [0.15, 0.2) is 54.6 Å². The van der Waals surface area contributed by atoms with Gasteiger partial charge in [-0.2, -0.15) is 0 Å². The van der Waals surface area contributed by atoms with Crippen molar-refractivity contribution in [3.63, 3.8) is 0 Å². The summed E-state index contributed by atoms with van der Waals surface area (Å²) in [5.41, 5.74) is 0.758. The lowest BCUT2D eigenvalue weighted by atomic mass is 10.1. The molecule has 0 aromatic heterocycles. The normalized spacial score (nSPS) is 10.8. The maximum absolute atomic E-state index is 14.0. The molecule has 0 aliphatic carbocycles.